The van der Waals surface area contributed by atoms with E-state index in [-0.39, 0.29) is 0 Å². The topological polar surface area (TPSA) is 0 Å². The molecule has 0 saturated carbocycles. The van der Waals surface area contributed by atoms with Crippen LogP contribution in [0.4, 0.5) is 0 Å². The zero-order valence-electron chi connectivity index (χ0n) is 9.53. The minimum atomic E-state index is 0.363. The van der Waals surface area contributed by atoms with Crippen molar-refractivity contribution in [3.05, 3.63) is 72.4 Å². The smallest absolute Gasteiger partial charge is 0.00577 e. The molecule has 0 bridgehead atoms. The van der Waals surface area contributed by atoms with Crippen LogP contribution in [0.25, 0.3) is 0 Å². The molecule has 0 radical (unpaired) electrons. The van der Waals surface area contributed by atoms with Crippen LogP contribution in [0, 0.1) is 0 Å². The number of rotatable bonds is 4. The summed E-state index contributed by atoms with van der Waals surface area (Å²) in [5.74, 6) is 0.363. The van der Waals surface area contributed by atoms with Crippen LogP contribution in [-0.4, -0.2) is 0 Å². The summed E-state index contributed by atoms with van der Waals surface area (Å²) in [4.78, 5) is 0. The third-order valence-corrected chi connectivity index (χ3v) is 2.70. The fraction of sp³-hybridized carbons (Fsp3) is 0.200. The van der Waals surface area contributed by atoms with E-state index in [2.05, 4.69) is 51.3 Å². The third-order valence-electron chi connectivity index (χ3n) is 2.70. The Kier molecular flexibility index (Phi) is 4.11. The van der Waals surface area contributed by atoms with Gasteiger partial charge in [0.15, 0.2) is 0 Å². The van der Waals surface area contributed by atoms with Gasteiger partial charge in [-0.2, -0.15) is 0 Å². The zero-order valence-corrected chi connectivity index (χ0v) is 9.53. The minimum absolute atomic E-state index is 0.363. The lowest BCUT2D eigenvalue weighted by atomic mass is 9.90. The van der Waals surface area contributed by atoms with Gasteiger partial charge in [0.2, 0.25) is 0 Å². The van der Waals surface area contributed by atoms with Gasteiger partial charge >= 0.3 is 0 Å². The van der Waals surface area contributed by atoms with Gasteiger partial charge in [-0.3, -0.25) is 0 Å². The van der Waals surface area contributed by atoms with E-state index in [1.165, 1.54) is 11.1 Å². The first kappa shape index (κ1) is 11.5. The number of hydrogen-bond donors (Lipinski definition) is 0. The molecule has 0 saturated heterocycles. The van der Waals surface area contributed by atoms with Gasteiger partial charge in [0, 0.05) is 5.92 Å². The molecule has 0 nitrogen and oxygen atoms in total. The summed E-state index contributed by atoms with van der Waals surface area (Å²) in [6.07, 6.45) is 3.81. The largest absolute Gasteiger partial charge is 0.0991 e. The van der Waals surface area contributed by atoms with Crippen molar-refractivity contribution in [2.45, 2.75) is 19.8 Å². The lowest BCUT2D eigenvalue weighted by molar-refractivity contribution is 0.907. The Bertz CT molecular complexity index is 368. The number of allylic oxidation sites excluding steroid dienone is 4. The van der Waals surface area contributed by atoms with Crippen molar-refractivity contribution in [3.8, 4) is 0 Å². The predicted molar refractivity (Wildman–Crippen MR) is 68.0 cm³/mol. The Labute approximate surface area is 92.6 Å². The van der Waals surface area contributed by atoms with Crippen molar-refractivity contribution in [2.75, 3.05) is 0 Å². The van der Waals surface area contributed by atoms with E-state index in [1.807, 2.05) is 12.1 Å². The monoisotopic (exact) mass is 198 g/mol. The lowest BCUT2D eigenvalue weighted by Crippen LogP contribution is -1.97. The normalized spacial score (nSPS) is 13.3. The number of hydrogen-bond acceptors (Lipinski definition) is 0. The summed E-state index contributed by atoms with van der Waals surface area (Å²) in [7, 11) is 0. The molecular formula is C15H18. The van der Waals surface area contributed by atoms with Gasteiger partial charge < -0.3 is 0 Å². The molecule has 0 heterocycles. The van der Waals surface area contributed by atoms with Gasteiger partial charge in [0.1, 0.15) is 0 Å². The summed E-state index contributed by atoms with van der Waals surface area (Å²) in [5, 5.41) is 0. The van der Waals surface area contributed by atoms with Crippen molar-refractivity contribution in [1.29, 1.82) is 0 Å². The second-order valence-corrected chi connectivity index (χ2v) is 3.74. The van der Waals surface area contributed by atoms with Crippen LogP contribution in [0.2, 0.25) is 0 Å². The van der Waals surface area contributed by atoms with Crippen LogP contribution in [0.5, 0.6) is 0 Å². The quantitative estimate of drug-likeness (QED) is 0.626. The van der Waals surface area contributed by atoms with E-state index >= 15 is 0 Å². The van der Waals surface area contributed by atoms with Crippen molar-refractivity contribution in [1.82, 2.24) is 0 Å². The van der Waals surface area contributed by atoms with E-state index in [0.717, 1.165) is 5.57 Å². The summed E-state index contributed by atoms with van der Waals surface area (Å²) in [6.45, 7) is 12.1. The Morgan fingerprint density at radius 3 is 2.40 bits per heavy atom. The Morgan fingerprint density at radius 2 is 1.87 bits per heavy atom. The molecule has 1 aromatic rings. The van der Waals surface area contributed by atoms with Gasteiger partial charge in [-0.1, -0.05) is 62.6 Å². The van der Waals surface area contributed by atoms with Crippen molar-refractivity contribution < 1.29 is 0 Å². The molecule has 0 spiro atoms. The maximum atomic E-state index is 4.13. The molecule has 0 heteroatoms. The lowest BCUT2D eigenvalue weighted by Gasteiger charge is -2.15. The van der Waals surface area contributed by atoms with Gasteiger partial charge in [-0.05, 0) is 23.6 Å². The second kappa shape index (κ2) is 5.35. The first-order valence-electron chi connectivity index (χ1n) is 5.20. The summed E-state index contributed by atoms with van der Waals surface area (Å²) < 4.78 is 0. The molecule has 0 aliphatic rings. The molecule has 1 aromatic carbocycles. The summed E-state index contributed by atoms with van der Waals surface area (Å²) in [5.41, 5.74) is 3.65. The van der Waals surface area contributed by atoms with E-state index in [1.54, 1.807) is 6.08 Å². The second-order valence-electron chi connectivity index (χ2n) is 3.74. The molecule has 15 heavy (non-hydrogen) atoms. The van der Waals surface area contributed by atoms with E-state index in [9.17, 15) is 0 Å². The average molecular weight is 198 g/mol. The van der Waals surface area contributed by atoms with E-state index in [0.29, 0.717) is 5.92 Å². The molecule has 0 amide bonds. The molecule has 78 valence electrons. The highest BCUT2D eigenvalue weighted by atomic mass is 14.1. The Balaban J connectivity index is 2.87. The molecule has 0 N–H and O–H groups in total. The van der Waals surface area contributed by atoms with Gasteiger partial charge in [0.05, 0.1) is 0 Å². The Hall–Kier alpha value is -1.56. The van der Waals surface area contributed by atoms with Crippen LogP contribution in [0.1, 0.15) is 25.3 Å². The third kappa shape index (κ3) is 2.95. The molecular weight excluding hydrogens is 180 g/mol. The molecule has 0 aromatic heterocycles. The SMILES string of the molecule is C=CC=C(C)C(=C)C(C)c1ccccc1. The van der Waals surface area contributed by atoms with Crippen LogP contribution < -0.4 is 0 Å². The Morgan fingerprint density at radius 1 is 1.27 bits per heavy atom. The maximum Gasteiger partial charge on any atom is 0.00577 e. The summed E-state index contributed by atoms with van der Waals surface area (Å²) in [6, 6.07) is 10.4. The van der Waals surface area contributed by atoms with E-state index in [4.69, 9.17) is 0 Å². The van der Waals surface area contributed by atoms with Crippen LogP contribution in [-0.2, 0) is 0 Å². The van der Waals surface area contributed by atoms with Crippen molar-refractivity contribution in [2.24, 2.45) is 0 Å². The minimum Gasteiger partial charge on any atom is -0.0991 e. The zero-order chi connectivity index (χ0) is 11.3. The summed E-state index contributed by atoms with van der Waals surface area (Å²) >= 11 is 0. The van der Waals surface area contributed by atoms with Gasteiger partial charge in [-0.25, -0.2) is 0 Å². The van der Waals surface area contributed by atoms with Crippen molar-refractivity contribution in [3.63, 3.8) is 0 Å². The fourth-order valence-electron chi connectivity index (χ4n) is 1.57. The van der Waals surface area contributed by atoms with Crippen molar-refractivity contribution >= 4 is 0 Å². The van der Waals surface area contributed by atoms with E-state index < -0.39 is 0 Å². The highest BCUT2D eigenvalue weighted by molar-refractivity contribution is 5.38. The van der Waals surface area contributed by atoms with Crippen LogP contribution in [0.3, 0.4) is 0 Å². The molecule has 1 unspecified atom stereocenters. The highest BCUT2D eigenvalue weighted by Gasteiger charge is 2.09. The average Bonchev–Trinajstić information content (AvgIpc) is 2.28. The van der Waals surface area contributed by atoms with Crippen LogP contribution >= 0.6 is 0 Å². The molecule has 0 aliphatic carbocycles. The predicted octanol–water partition coefficient (Wildman–Crippen LogP) is 4.48. The van der Waals surface area contributed by atoms with Gasteiger partial charge in [0.25, 0.3) is 0 Å². The standard InChI is InChI=1S/C15H18/c1-5-9-12(2)13(3)14(4)15-10-7-6-8-11-15/h5-11,14H,1,3H2,2,4H3. The first-order chi connectivity index (χ1) is 7.16. The molecule has 1 rings (SSSR count). The van der Waals surface area contributed by atoms with Crippen LogP contribution in [0.15, 0.2) is 66.8 Å². The van der Waals surface area contributed by atoms with Gasteiger partial charge in [-0.15, -0.1) is 0 Å². The first-order valence-corrected chi connectivity index (χ1v) is 5.20. The maximum absolute atomic E-state index is 4.13. The molecule has 0 fully saturated rings. The fourth-order valence-corrected chi connectivity index (χ4v) is 1.57. The highest BCUT2D eigenvalue weighted by Crippen LogP contribution is 2.27. The molecule has 0 aliphatic heterocycles. The number of benzene rings is 1. The molecule has 1 atom stereocenters.